The molecule has 0 unspecified atom stereocenters. The van der Waals surface area contributed by atoms with E-state index in [0.29, 0.717) is 6.54 Å². The molecule has 8 heteroatoms. The lowest BCUT2D eigenvalue weighted by molar-refractivity contribution is -0.0500. The fourth-order valence-corrected chi connectivity index (χ4v) is 2.98. The summed E-state index contributed by atoms with van der Waals surface area (Å²) >= 11 is 0. The minimum Gasteiger partial charge on any atom is -0.433 e. The van der Waals surface area contributed by atoms with Crippen LogP contribution < -0.4 is 10.3 Å². The Balaban J connectivity index is 2.03. The number of hydrogen-bond acceptors (Lipinski definition) is 3. The van der Waals surface area contributed by atoms with Gasteiger partial charge in [-0.25, -0.2) is 8.78 Å². The minimum atomic E-state index is -3.01. The van der Waals surface area contributed by atoms with Crippen molar-refractivity contribution in [1.82, 2.24) is 9.55 Å². The van der Waals surface area contributed by atoms with E-state index in [1.165, 1.54) is 22.8 Å². The molecule has 0 bridgehead atoms. The third-order valence-corrected chi connectivity index (χ3v) is 4.39. The summed E-state index contributed by atoms with van der Waals surface area (Å²) in [5.41, 5.74) is -0.728. The van der Waals surface area contributed by atoms with Gasteiger partial charge in [-0.1, -0.05) is 19.8 Å². The van der Waals surface area contributed by atoms with Gasteiger partial charge in [-0.3, -0.25) is 9.78 Å². The predicted molar refractivity (Wildman–Crippen MR) is 97.5 cm³/mol. The molecule has 3 rings (SSSR count). The molecule has 0 aliphatic heterocycles. The molecule has 148 valence electrons. The third kappa shape index (κ3) is 4.00. The first-order chi connectivity index (χ1) is 13.4. The number of unbranched alkanes of at least 4 members (excludes halogenated alkanes) is 2. The van der Waals surface area contributed by atoms with Gasteiger partial charge in [0.1, 0.15) is 5.75 Å². The average Bonchev–Trinajstić information content (AvgIpc) is 2.66. The molecule has 0 fully saturated rings. The second-order valence-electron chi connectivity index (χ2n) is 6.30. The first-order valence-corrected chi connectivity index (χ1v) is 8.84. The predicted octanol–water partition coefficient (Wildman–Crippen LogP) is 5.13. The zero-order chi connectivity index (χ0) is 20.3. The normalized spacial score (nSPS) is 11.4. The van der Waals surface area contributed by atoms with Crippen molar-refractivity contribution in [3.8, 4) is 17.0 Å². The number of fused-ring (bicyclic) bond motifs is 1. The molecule has 0 amide bonds. The standard InChI is InChI=1S/C20H18F4N2O2/c1-2-3-4-8-26-9-7-12-10-14(17(21)18(22)16(12)19(26)27)15-6-5-13(11-25-15)28-20(23)24/h5-7,9-11,20H,2-4,8H2,1H3. The smallest absolute Gasteiger partial charge is 0.387 e. The van der Waals surface area contributed by atoms with Gasteiger partial charge in [0, 0.05) is 18.3 Å². The van der Waals surface area contributed by atoms with Gasteiger partial charge in [0.2, 0.25) is 0 Å². The molecule has 4 nitrogen and oxygen atoms in total. The molecular formula is C20H18F4N2O2. The Labute approximate surface area is 158 Å². The third-order valence-electron chi connectivity index (χ3n) is 4.39. The maximum Gasteiger partial charge on any atom is 0.387 e. The van der Waals surface area contributed by atoms with Gasteiger partial charge in [0.05, 0.1) is 17.3 Å². The molecule has 0 aliphatic rings. The van der Waals surface area contributed by atoms with Crippen LogP contribution in [-0.4, -0.2) is 16.2 Å². The Morgan fingerprint density at radius 3 is 2.57 bits per heavy atom. The highest BCUT2D eigenvalue weighted by atomic mass is 19.3. The Morgan fingerprint density at radius 2 is 1.93 bits per heavy atom. The van der Waals surface area contributed by atoms with E-state index in [1.807, 2.05) is 6.92 Å². The summed E-state index contributed by atoms with van der Waals surface area (Å²) in [5.74, 6) is -2.67. The number of alkyl halides is 2. The van der Waals surface area contributed by atoms with Crippen LogP contribution in [0.2, 0.25) is 0 Å². The molecule has 0 radical (unpaired) electrons. The highest BCUT2D eigenvalue weighted by Crippen LogP contribution is 2.29. The largest absolute Gasteiger partial charge is 0.433 e. The highest BCUT2D eigenvalue weighted by molar-refractivity contribution is 5.87. The fourth-order valence-electron chi connectivity index (χ4n) is 2.98. The number of ether oxygens (including phenoxy) is 1. The second kappa shape index (κ2) is 8.41. The summed E-state index contributed by atoms with van der Waals surface area (Å²) in [6, 6.07) is 5.29. The minimum absolute atomic E-state index is 0.0343. The lowest BCUT2D eigenvalue weighted by Crippen LogP contribution is -2.21. The highest BCUT2D eigenvalue weighted by Gasteiger charge is 2.19. The molecule has 0 saturated carbocycles. The Morgan fingerprint density at radius 1 is 1.14 bits per heavy atom. The van der Waals surface area contributed by atoms with Gasteiger partial charge in [-0.05, 0) is 36.1 Å². The van der Waals surface area contributed by atoms with Crippen molar-refractivity contribution in [1.29, 1.82) is 0 Å². The molecule has 1 aromatic carbocycles. The summed E-state index contributed by atoms with van der Waals surface area (Å²) < 4.78 is 59.3. The number of aromatic nitrogens is 2. The molecule has 0 spiro atoms. The quantitative estimate of drug-likeness (QED) is 0.412. The molecule has 0 saturated heterocycles. The van der Waals surface area contributed by atoms with Gasteiger partial charge < -0.3 is 9.30 Å². The van der Waals surface area contributed by atoms with Crippen molar-refractivity contribution >= 4 is 10.8 Å². The molecule has 2 heterocycles. The number of halogens is 4. The van der Waals surface area contributed by atoms with E-state index in [2.05, 4.69) is 9.72 Å². The van der Waals surface area contributed by atoms with Gasteiger partial charge in [-0.2, -0.15) is 8.78 Å². The number of aryl methyl sites for hydroxylation is 1. The van der Waals surface area contributed by atoms with Crippen molar-refractivity contribution in [2.24, 2.45) is 0 Å². The van der Waals surface area contributed by atoms with E-state index in [1.54, 1.807) is 12.3 Å². The van der Waals surface area contributed by atoms with Crippen LogP contribution in [-0.2, 0) is 6.54 Å². The van der Waals surface area contributed by atoms with E-state index in [9.17, 15) is 22.4 Å². The fraction of sp³-hybridized carbons (Fsp3) is 0.300. The van der Waals surface area contributed by atoms with E-state index in [4.69, 9.17) is 0 Å². The first-order valence-electron chi connectivity index (χ1n) is 8.84. The molecule has 2 aromatic heterocycles. The van der Waals surface area contributed by atoms with Crippen LogP contribution in [0.5, 0.6) is 5.75 Å². The number of nitrogens with zero attached hydrogens (tertiary/aromatic N) is 2. The lowest BCUT2D eigenvalue weighted by Gasteiger charge is -2.11. The summed E-state index contributed by atoms with van der Waals surface area (Å²) in [4.78, 5) is 16.4. The number of benzene rings is 1. The number of pyridine rings is 2. The molecule has 3 aromatic rings. The first kappa shape index (κ1) is 19.9. The van der Waals surface area contributed by atoms with Crippen LogP contribution in [0.1, 0.15) is 26.2 Å². The summed E-state index contributed by atoms with van der Waals surface area (Å²) in [6.07, 6.45) is 5.21. The summed E-state index contributed by atoms with van der Waals surface area (Å²) in [5, 5.41) is -0.0850. The van der Waals surface area contributed by atoms with Crippen molar-refractivity contribution in [2.45, 2.75) is 39.3 Å². The maximum atomic E-state index is 14.7. The van der Waals surface area contributed by atoms with E-state index < -0.39 is 23.8 Å². The maximum absolute atomic E-state index is 14.7. The number of hydrogen-bond donors (Lipinski definition) is 0. The Kier molecular flexibility index (Phi) is 5.96. The number of rotatable bonds is 7. The van der Waals surface area contributed by atoms with Crippen LogP contribution in [0.25, 0.3) is 22.0 Å². The Hall–Kier alpha value is -2.90. The van der Waals surface area contributed by atoms with Gasteiger partial charge in [0.15, 0.2) is 11.6 Å². The van der Waals surface area contributed by atoms with E-state index in [-0.39, 0.29) is 27.8 Å². The van der Waals surface area contributed by atoms with Crippen LogP contribution in [0.4, 0.5) is 17.6 Å². The van der Waals surface area contributed by atoms with E-state index >= 15 is 0 Å². The van der Waals surface area contributed by atoms with Crippen LogP contribution >= 0.6 is 0 Å². The molecule has 0 aliphatic carbocycles. The van der Waals surface area contributed by atoms with Crippen molar-refractivity contribution < 1.29 is 22.3 Å². The van der Waals surface area contributed by atoms with Gasteiger partial charge in [-0.15, -0.1) is 0 Å². The zero-order valence-corrected chi connectivity index (χ0v) is 15.1. The second-order valence-corrected chi connectivity index (χ2v) is 6.30. The molecule has 28 heavy (non-hydrogen) atoms. The van der Waals surface area contributed by atoms with Crippen LogP contribution in [0.3, 0.4) is 0 Å². The Bertz CT molecular complexity index is 1030. The van der Waals surface area contributed by atoms with Gasteiger partial charge in [0.25, 0.3) is 5.56 Å². The lowest BCUT2D eigenvalue weighted by atomic mass is 10.0. The zero-order valence-electron chi connectivity index (χ0n) is 15.1. The van der Waals surface area contributed by atoms with E-state index in [0.717, 1.165) is 25.5 Å². The van der Waals surface area contributed by atoms with Crippen LogP contribution in [0.15, 0.2) is 41.5 Å². The summed E-state index contributed by atoms with van der Waals surface area (Å²) in [7, 11) is 0. The van der Waals surface area contributed by atoms with Gasteiger partial charge >= 0.3 is 6.61 Å². The SMILES string of the molecule is CCCCCn1ccc2cc(-c3ccc(OC(F)F)cn3)c(F)c(F)c2c1=O. The van der Waals surface area contributed by atoms with Crippen molar-refractivity contribution in [2.75, 3.05) is 0 Å². The monoisotopic (exact) mass is 394 g/mol. The van der Waals surface area contributed by atoms with Crippen molar-refractivity contribution in [3.63, 3.8) is 0 Å². The molecular weight excluding hydrogens is 376 g/mol. The van der Waals surface area contributed by atoms with Crippen LogP contribution in [0, 0.1) is 11.6 Å². The topological polar surface area (TPSA) is 44.1 Å². The average molecular weight is 394 g/mol. The molecule has 0 atom stereocenters. The summed E-state index contributed by atoms with van der Waals surface area (Å²) in [6.45, 7) is -0.555. The van der Waals surface area contributed by atoms with Crippen molar-refractivity contribution in [3.05, 3.63) is 58.6 Å². The molecule has 0 N–H and O–H groups in total.